The summed E-state index contributed by atoms with van der Waals surface area (Å²) in [7, 11) is 0. The van der Waals surface area contributed by atoms with Crippen LogP contribution < -0.4 is 0 Å². The van der Waals surface area contributed by atoms with Crippen LogP contribution >= 0.6 is 0 Å². The maximum Gasteiger partial charge on any atom is 0.341 e. The maximum atomic E-state index is 13.7. The van der Waals surface area contributed by atoms with Gasteiger partial charge in [-0.2, -0.15) is 0 Å². The monoisotopic (exact) mass is 487 g/mol. The fourth-order valence-corrected chi connectivity index (χ4v) is 6.43. The summed E-state index contributed by atoms with van der Waals surface area (Å²) in [6.45, 7) is 6.53. The molecule has 3 fully saturated rings. The highest BCUT2D eigenvalue weighted by Gasteiger charge is 2.57. The Morgan fingerprint density at radius 2 is 1.72 bits per heavy atom. The Balaban J connectivity index is 1.13. The predicted molar refractivity (Wildman–Crippen MR) is 133 cm³/mol. The average Bonchev–Trinajstić information content (AvgIpc) is 3.54. The van der Waals surface area contributed by atoms with E-state index in [0.29, 0.717) is 31.0 Å². The molecule has 4 aliphatic rings. The summed E-state index contributed by atoms with van der Waals surface area (Å²) in [4.78, 5) is 46.4. The third kappa shape index (κ3) is 3.62. The number of ether oxygens (including phenoxy) is 1. The highest BCUT2D eigenvalue weighted by Crippen LogP contribution is 2.52. The largest absolute Gasteiger partial charge is 0.449 e. The van der Waals surface area contributed by atoms with E-state index in [-0.39, 0.29) is 23.7 Å². The minimum atomic E-state index is -0.739. The molecule has 0 bridgehead atoms. The van der Waals surface area contributed by atoms with Crippen LogP contribution in [-0.2, 0) is 25.3 Å². The molecule has 188 valence electrons. The van der Waals surface area contributed by atoms with Crippen LogP contribution in [0.1, 0.15) is 78.9 Å². The quantitative estimate of drug-likeness (QED) is 0.614. The van der Waals surface area contributed by atoms with Gasteiger partial charge in [0.15, 0.2) is 5.60 Å². The van der Waals surface area contributed by atoms with Crippen molar-refractivity contribution in [3.05, 3.63) is 65.0 Å². The summed E-state index contributed by atoms with van der Waals surface area (Å²) in [6.07, 6.45) is 7.53. The molecule has 0 radical (unpaired) electrons. The first kappa shape index (κ1) is 23.2. The van der Waals surface area contributed by atoms with Crippen molar-refractivity contribution in [3.8, 4) is 0 Å². The van der Waals surface area contributed by atoms with Crippen molar-refractivity contribution in [2.75, 3.05) is 26.2 Å². The number of carbonyl (C=O) groups excluding carboxylic acids is 3. The highest BCUT2D eigenvalue weighted by atomic mass is 16.6. The maximum absolute atomic E-state index is 13.7. The van der Waals surface area contributed by atoms with E-state index in [2.05, 4.69) is 29.2 Å². The van der Waals surface area contributed by atoms with Crippen molar-refractivity contribution in [3.63, 3.8) is 0 Å². The van der Waals surface area contributed by atoms with Crippen molar-refractivity contribution in [1.29, 1.82) is 0 Å². The summed E-state index contributed by atoms with van der Waals surface area (Å²) >= 11 is 0. The van der Waals surface area contributed by atoms with Gasteiger partial charge in [-0.15, -0.1) is 0 Å². The molecule has 1 saturated carbocycles. The second-order valence-electron chi connectivity index (χ2n) is 11.2. The predicted octanol–water partition coefficient (Wildman–Crippen LogP) is 3.77. The smallest absolute Gasteiger partial charge is 0.341 e. The van der Waals surface area contributed by atoms with Gasteiger partial charge in [-0.25, -0.2) is 4.79 Å². The molecule has 2 aromatic rings. The molecule has 4 heterocycles. The van der Waals surface area contributed by atoms with Gasteiger partial charge >= 0.3 is 5.97 Å². The van der Waals surface area contributed by atoms with Crippen molar-refractivity contribution in [2.45, 2.75) is 62.9 Å². The number of amides is 2. The Morgan fingerprint density at radius 3 is 2.39 bits per heavy atom. The summed E-state index contributed by atoms with van der Waals surface area (Å²) in [5, 5.41) is 0. The Hall–Kier alpha value is -3.22. The van der Waals surface area contributed by atoms with Gasteiger partial charge in [0.2, 0.25) is 11.8 Å². The zero-order chi connectivity index (χ0) is 25.1. The Kier molecular flexibility index (Phi) is 5.43. The highest BCUT2D eigenvalue weighted by molar-refractivity contribution is 5.95. The van der Waals surface area contributed by atoms with Crippen LogP contribution in [0.2, 0.25) is 0 Å². The molecule has 2 amide bonds. The number of piperidine rings is 1. The molecule has 1 aromatic carbocycles. The van der Waals surface area contributed by atoms with Crippen molar-refractivity contribution in [1.82, 2.24) is 14.8 Å². The topological polar surface area (TPSA) is 79.8 Å². The number of nitrogens with zero attached hydrogens (tertiary/aromatic N) is 3. The van der Waals surface area contributed by atoms with Crippen LogP contribution in [0.25, 0.3) is 0 Å². The number of hydrogen-bond acceptors (Lipinski definition) is 5. The molecular weight excluding hydrogens is 454 g/mol. The molecule has 0 N–H and O–H groups in total. The van der Waals surface area contributed by atoms with Gasteiger partial charge in [0.05, 0.1) is 17.5 Å². The van der Waals surface area contributed by atoms with Gasteiger partial charge in [0, 0.05) is 49.9 Å². The van der Waals surface area contributed by atoms with Gasteiger partial charge in [0.25, 0.3) is 0 Å². The third-order valence-electron chi connectivity index (χ3n) is 8.73. The number of aromatic nitrogens is 1. The van der Waals surface area contributed by atoms with Crippen molar-refractivity contribution in [2.24, 2.45) is 5.92 Å². The van der Waals surface area contributed by atoms with Crippen LogP contribution in [0.15, 0.2) is 42.7 Å². The van der Waals surface area contributed by atoms with Crippen molar-refractivity contribution < 1.29 is 19.1 Å². The number of rotatable bonds is 4. The fourth-order valence-electron chi connectivity index (χ4n) is 6.43. The Labute approximate surface area is 211 Å². The first-order chi connectivity index (χ1) is 17.3. The normalized spacial score (nSPS) is 24.8. The van der Waals surface area contributed by atoms with E-state index in [1.807, 2.05) is 29.7 Å². The lowest BCUT2D eigenvalue weighted by Crippen LogP contribution is -2.40. The molecular formula is C29H33N3O4. The molecule has 1 aliphatic carbocycles. The first-order valence-corrected chi connectivity index (χ1v) is 13.2. The lowest BCUT2D eigenvalue weighted by molar-refractivity contribution is -0.135. The summed E-state index contributed by atoms with van der Waals surface area (Å²) < 4.78 is 5.82. The molecule has 1 aromatic heterocycles. The third-order valence-corrected chi connectivity index (χ3v) is 8.73. The van der Waals surface area contributed by atoms with Crippen LogP contribution in [0.4, 0.5) is 0 Å². The molecule has 1 unspecified atom stereocenters. The lowest BCUT2D eigenvalue weighted by atomic mass is 9.86. The van der Waals surface area contributed by atoms with E-state index in [1.165, 1.54) is 5.56 Å². The number of carbonyl (C=O) groups is 3. The van der Waals surface area contributed by atoms with E-state index < -0.39 is 11.0 Å². The molecule has 7 heteroatoms. The van der Waals surface area contributed by atoms with Gasteiger partial charge < -0.3 is 14.5 Å². The molecule has 6 rings (SSSR count). The van der Waals surface area contributed by atoms with Gasteiger partial charge in [-0.3, -0.25) is 14.6 Å². The van der Waals surface area contributed by atoms with Crippen molar-refractivity contribution >= 4 is 17.8 Å². The van der Waals surface area contributed by atoms with Gasteiger partial charge in [-0.05, 0) is 48.8 Å². The second-order valence-corrected chi connectivity index (χ2v) is 11.2. The zero-order valence-corrected chi connectivity index (χ0v) is 21.0. The average molecular weight is 488 g/mol. The number of fused-ring (bicyclic) bond motifs is 2. The summed E-state index contributed by atoms with van der Waals surface area (Å²) in [5.41, 5.74) is 2.55. The fraction of sp³-hybridized carbons (Fsp3) is 0.517. The molecule has 36 heavy (non-hydrogen) atoms. The van der Waals surface area contributed by atoms with E-state index in [9.17, 15) is 14.4 Å². The molecule has 1 spiro atoms. The molecule has 2 saturated heterocycles. The van der Waals surface area contributed by atoms with E-state index in [0.717, 1.165) is 49.9 Å². The minimum Gasteiger partial charge on any atom is -0.449 e. The molecule has 3 aliphatic heterocycles. The molecule has 1 atom stereocenters. The van der Waals surface area contributed by atoms with Gasteiger partial charge in [-0.1, -0.05) is 38.1 Å². The van der Waals surface area contributed by atoms with E-state index >= 15 is 0 Å². The first-order valence-electron chi connectivity index (χ1n) is 13.2. The number of likely N-dealkylation sites (tertiary alicyclic amines) is 2. The number of benzene rings is 1. The van der Waals surface area contributed by atoms with E-state index in [1.54, 1.807) is 12.4 Å². The summed E-state index contributed by atoms with van der Waals surface area (Å²) in [5.74, 6) is 0.543. The zero-order valence-electron chi connectivity index (χ0n) is 21.0. The number of esters is 1. The lowest BCUT2D eigenvalue weighted by Gasteiger charge is -2.33. The van der Waals surface area contributed by atoms with Crippen LogP contribution in [-0.4, -0.2) is 58.7 Å². The minimum absolute atomic E-state index is 0.0473. The van der Waals surface area contributed by atoms with Gasteiger partial charge in [0.1, 0.15) is 0 Å². The molecule has 7 nitrogen and oxygen atoms in total. The van der Waals surface area contributed by atoms with E-state index in [4.69, 9.17) is 4.74 Å². The Bertz CT molecular complexity index is 1210. The van der Waals surface area contributed by atoms with Crippen LogP contribution in [0.3, 0.4) is 0 Å². The number of pyridine rings is 1. The second kappa shape index (κ2) is 8.43. The van der Waals surface area contributed by atoms with Crippen LogP contribution in [0, 0.1) is 5.92 Å². The van der Waals surface area contributed by atoms with Crippen LogP contribution in [0.5, 0.6) is 0 Å². The standard InChI is InChI=1S/C29H33N3O4/c1-19(2)25(33)31-14-8-21(9-15-31)20-3-5-22(6-4-20)28(10-11-28)27(35)32-16-12-29(18-32)24-7-13-30-17-23(24)26(34)36-29/h3-7,13,17,19,21H,8-12,14-16,18H2,1-2H3. The number of hydrogen-bond donors (Lipinski definition) is 0. The summed E-state index contributed by atoms with van der Waals surface area (Å²) in [6, 6.07) is 10.5. The SMILES string of the molecule is CC(C)C(=O)N1CCC(c2ccc(C3(C(=O)N4CCC5(C4)OC(=O)c4cnccc45)CC3)cc2)CC1. The Morgan fingerprint density at radius 1 is 1.00 bits per heavy atom.